The third-order valence-electron chi connectivity index (χ3n) is 2.57. The average molecular weight is 296 g/mol. The van der Waals surface area contributed by atoms with Gasteiger partial charge in [-0.3, -0.25) is 0 Å². The Bertz CT molecular complexity index is 621. The van der Waals surface area contributed by atoms with E-state index in [1.54, 1.807) is 18.2 Å². The van der Waals surface area contributed by atoms with Crippen LogP contribution in [0.15, 0.2) is 52.2 Å². The molecule has 0 bridgehead atoms. The minimum absolute atomic E-state index is 0.182. The zero-order chi connectivity index (χ0) is 14.4. The van der Waals surface area contributed by atoms with E-state index in [0.717, 1.165) is 5.56 Å². The van der Waals surface area contributed by atoms with Crippen molar-refractivity contribution in [1.82, 2.24) is 4.72 Å². The first kappa shape index (κ1) is 14.6. The van der Waals surface area contributed by atoms with Crippen molar-refractivity contribution in [3.8, 4) is 5.75 Å². The van der Waals surface area contributed by atoms with E-state index in [2.05, 4.69) is 4.72 Å². The van der Waals surface area contributed by atoms with E-state index in [0.29, 0.717) is 18.9 Å². The molecule has 0 saturated carbocycles. The zero-order valence-electron chi connectivity index (χ0n) is 10.8. The number of benzene rings is 1. The number of hydrogen-bond acceptors (Lipinski definition) is 5. The Labute approximate surface area is 117 Å². The number of rotatable bonds is 7. The first-order chi connectivity index (χ1) is 9.62. The Balaban J connectivity index is 2.01. The van der Waals surface area contributed by atoms with Gasteiger partial charge in [-0.05, 0) is 30.3 Å². The van der Waals surface area contributed by atoms with Gasteiger partial charge in [0.15, 0.2) is 0 Å². The van der Waals surface area contributed by atoms with Crippen LogP contribution < -0.4 is 15.2 Å². The van der Waals surface area contributed by atoms with Crippen LogP contribution in [0.1, 0.15) is 5.56 Å². The molecule has 0 spiro atoms. The van der Waals surface area contributed by atoms with Gasteiger partial charge in [-0.1, -0.05) is 0 Å². The van der Waals surface area contributed by atoms with Gasteiger partial charge in [-0.15, -0.1) is 0 Å². The van der Waals surface area contributed by atoms with Crippen molar-refractivity contribution < 1.29 is 17.6 Å². The SMILES string of the molecule is NCCOc1ccc(S(=O)(=O)NCc2ccoc2)cc1. The molecule has 2 aromatic rings. The number of hydrogen-bond donors (Lipinski definition) is 2. The van der Waals surface area contributed by atoms with Crippen LogP contribution in [-0.2, 0) is 16.6 Å². The first-order valence-corrected chi connectivity index (χ1v) is 7.54. The summed E-state index contributed by atoms with van der Waals surface area (Å²) < 4.78 is 36.8. The molecule has 0 radical (unpaired) electrons. The molecule has 0 fully saturated rings. The monoisotopic (exact) mass is 296 g/mol. The molecule has 1 heterocycles. The summed E-state index contributed by atoms with van der Waals surface area (Å²) in [6.45, 7) is 0.988. The summed E-state index contributed by atoms with van der Waals surface area (Å²) in [6, 6.07) is 7.88. The molecule has 20 heavy (non-hydrogen) atoms. The number of ether oxygens (including phenoxy) is 1. The molecule has 0 unspecified atom stereocenters. The lowest BCUT2D eigenvalue weighted by Crippen LogP contribution is -2.22. The summed E-state index contributed by atoms with van der Waals surface area (Å²) in [7, 11) is -3.55. The summed E-state index contributed by atoms with van der Waals surface area (Å²) >= 11 is 0. The molecule has 7 heteroatoms. The summed E-state index contributed by atoms with van der Waals surface area (Å²) in [5, 5.41) is 0. The highest BCUT2D eigenvalue weighted by Gasteiger charge is 2.13. The Morgan fingerprint density at radius 1 is 1.20 bits per heavy atom. The highest BCUT2D eigenvalue weighted by molar-refractivity contribution is 7.89. The third kappa shape index (κ3) is 3.83. The van der Waals surface area contributed by atoms with Crippen molar-refractivity contribution >= 4 is 10.0 Å². The van der Waals surface area contributed by atoms with Crippen LogP contribution in [0.4, 0.5) is 0 Å². The molecule has 0 aliphatic heterocycles. The second-order valence-electron chi connectivity index (χ2n) is 4.06. The molecule has 0 aliphatic carbocycles. The maximum Gasteiger partial charge on any atom is 0.240 e. The summed E-state index contributed by atoms with van der Waals surface area (Å²) in [5.74, 6) is 0.587. The van der Waals surface area contributed by atoms with Gasteiger partial charge in [0.1, 0.15) is 12.4 Å². The van der Waals surface area contributed by atoms with Crippen molar-refractivity contribution in [3.63, 3.8) is 0 Å². The Kier molecular flexibility index (Phi) is 4.78. The number of nitrogens with one attached hydrogen (secondary N) is 1. The summed E-state index contributed by atoms with van der Waals surface area (Å²) in [5.41, 5.74) is 6.08. The predicted molar refractivity (Wildman–Crippen MR) is 73.7 cm³/mol. The highest BCUT2D eigenvalue weighted by Crippen LogP contribution is 2.16. The number of furan rings is 1. The molecule has 0 saturated heterocycles. The van der Waals surface area contributed by atoms with Crippen molar-refractivity contribution in [2.45, 2.75) is 11.4 Å². The minimum atomic E-state index is -3.55. The normalized spacial score (nSPS) is 11.4. The number of sulfonamides is 1. The summed E-state index contributed by atoms with van der Waals surface area (Å²) in [6.07, 6.45) is 2.99. The van der Waals surface area contributed by atoms with Crippen LogP contribution in [0.5, 0.6) is 5.75 Å². The van der Waals surface area contributed by atoms with Gasteiger partial charge in [-0.25, -0.2) is 13.1 Å². The molecule has 3 N–H and O–H groups in total. The fourth-order valence-electron chi connectivity index (χ4n) is 1.55. The van der Waals surface area contributed by atoms with Gasteiger partial charge in [-0.2, -0.15) is 0 Å². The van der Waals surface area contributed by atoms with Crippen molar-refractivity contribution in [2.75, 3.05) is 13.2 Å². The van der Waals surface area contributed by atoms with Gasteiger partial charge in [0, 0.05) is 18.7 Å². The lowest BCUT2D eigenvalue weighted by molar-refractivity contribution is 0.328. The smallest absolute Gasteiger partial charge is 0.240 e. The standard InChI is InChI=1S/C13H16N2O4S/c14-6-8-19-12-1-3-13(4-2-12)20(16,17)15-9-11-5-7-18-10-11/h1-5,7,10,15H,6,8-9,14H2. The fourth-order valence-corrected chi connectivity index (χ4v) is 2.56. The first-order valence-electron chi connectivity index (χ1n) is 6.05. The Hall–Kier alpha value is -1.83. The molecular weight excluding hydrogens is 280 g/mol. The van der Waals surface area contributed by atoms with Crippen molar-refractivity contribution in [1.29, 1.82) is 0 Å². The number of nitrogens with two attached hydrogens (primary N) is 1. The lowest BCUT2D eigenvalue weighted by Gasteiger charge is -2.07. The van der Waals surface area contributed by atoms with Crippen LogP contribution in [0.2, 0.25) is 0 Å². The molecule has 0 amide bonds. The predicted octanol–water partition coefficient (Wildman–Crippen LogP) is 1.10. The van der Waals surface area contributed by atoms with Crippen LogP contribution in [0, 0.1) is 0 Å². The van der Waals surface area contributed by atoms with Crippen molar-refractivity contribution in [3.05, 3.63) is 48.4 Å². The minimum Gasteiger partial charge on any atom is -0.492 e. The quantitative estimate of drug-likeness (QED) is 0.797. The molecule has 0 atom stereocenters. The molecule has 1 aromatic heterocycles. The van der Waals surface area contributed by atoms with E-state index in [1.165, 1.54) is 24.7 Å². The molecule has 2 rings (SSSR count). The van der Waals surface area contributed by atoms with Gasteiger partial charge in [0.25, 0.3) is 0 Å². The van der Waals surface area contributed by atoms with Crippen molar-refractivity contribution in [2.24, 2.45) is 5.73 Å². The molecule has 1 aromatic carbocycles. The second-order valence-corrected chi connectivity index (χ2v) is 5.83. The molecular formula is C13H16N2O4S. The van der Waals surface area contributed by atoms with E-state index in [-0.39, 0.29) is 11.4 Å². The highest BCUT2D eigenvalue weighted by atomic mass is 32.2. The lowest BCUT2D eigenvalue weighted by atomic mass is 10.3. The summed E-state index contributed by atoms with van der Waals surface area (Å²) in [4.78, 5) is 0.182. The molecule has 6 nitrogen and oxygen atoms in total. The Morgan fingerprint density at radius 3 is 2.55 bits per heavy atom. The van der Waals surface area contributed by atoms with Gasteiger partial charge >= 0.3 is 0 Å². The zero-order valence-corrected chi connectivity index (χ0v) is 11.6. The Morgan fingerprint density at radius 2 is 1.95 bits per heavy atom. The van der Waals surface area contributed by atoms with Gasteiger partial charge in [0.2, 0.25) is 10.0 Å². The van der Waals surface area contributed by atoms with Crippen LogP contribution in [0.25, 0.3) is 0 Å². The van der Waals surface area contributed by atoms with Gasteiger partial charge in [0.05, 0.1) is 17.4 Å². The van der Waals surface area contributed by atoms with Crippen LogP contribution in [-0.4, -0.2) is 21.6 Å². The largest absolute Gasteiger partial charge is 0.492 e. The second kappa shape index (κ2) is 6.56. The average Bonchev–Trinajstić information content (AvgIpc) is 2.97. The molecule has 108 valence electrons. The molecule has 0 aliphatic rings. The van der Waals surface area contributed by atoms with E-state index in [1.807, 2.05) is 0 Å². The maximum absolute atomic E-state index is 12.1. The van der Waals surface area contributed by atoms with Crippen LogP contribution >= 0.6 is 0 Å². The van der Waals surface area contributed by atoms with E-state index < -0.39 is 10.0 Å². The fraction of sp³-hybridized carbons (Fsp3) is 0.231. The topological polar surface area (TPSA) is 94.6 Å². The van der Waals surface area contributed by atoms with E-state index in [9.17, 15) is 8.42 Å². The maximum atomic E-state index is 12.1. The van der Waals surface area contributed by atoms with E-state index in [4.69, 9.17) is 14.9 Å². The van der Waals surface area contributed by atoms with Gasteiger partial charge < -0.3 is 14.9 Å². The van der Waals surface area contributed by atoms with E-state index >= 15 is 0 Å². The van der Waals surface area contributed by atoms with Crippen LogP contribution in [0.3, 0.4) is 0 Å². The third-order valence-corrected chi connectivity index (χ3v) is 3.98.